The van der Waals surface area contributed by atoms with Crippen molar-refractivity contribution in [2.75, 3.05) is 26.6 Å². The summed E-state index contributed by atoms with van der Waals surface area (Å²) >= 11 is 3.49. The number of aryl methyl sites for hydroxylation is 1. The molecule has 5 nitrogen and oxygen atoms in total. The lowest BCUT2D eigenvalue weighted by Crippen LogP contribution is -2.00. The average Bonchev–Trinajstić information content (AvgIpc) is 2.46. The molecule has 1 heterocycles. The molecule has 0 fully saturated rings. The molecule has 0 aliphatic rings. The first kappa shape index (κ1) is 14.6. The van der Waals surface area contributed by atoms with Crippen LogP contribution in [0.1, 0.15) is 5.69 Å². The summed E-state index contributed by atoms with van der Waals surface area (Å²) < 4.78 is 11.5. The lowest BCUT2D eigenvalue weighted by atomic mass is 10.1. The maximum absolute atomic E-state index is 5.48. The predicted octanol–water partition coefficient (Wildman–Crippen LogP) is 3.27. The molecule has 1 aromatic heterocycles. The SMILES string of the molecule is CNc1nc(C)cc(-c2ccc(OC)c(Br)c2OC)n1. The van der Waals surface area contributed by atoms with Gasteiger partial charge in [0.2, 0.25) is 5.95 Å². The fourth-order valence-corrected chi connectivity index (χ4v) is 2.58. The molecule has 0 bridgehead atoms. The van der Waals surface area contributed by atoms with Crippen molar-refractivity contribution in [2.24, 2.45) is 0 Å². The fourth-order valence-electron chi connectivity index (χ4n) is 1.92. The van der Waals surface area contributed by atoms with Gasteiger partial charge in [0, 0.05) is 18.3 Å². The van der Waals surface area contributed by atoms with Crippen LogP contribution >= 0.6 is 15.9 Å². The molecule has 6 heteroatoms. The van der Waals surface area contributed by atoms with Gasteiger partial charge in [-0.3, -0.25) is 0 Å². The second-order valence-corrected chi connectivity index (χ2v) is 4.92. The molecule has 106 valence electrons. The Kier molecular flexibility index (Phi) is 4.44. The van der Waals surface area contributed by atoms with E-state index in [2.05, 4.69) is 31.2 Å². The van der Waals surface area contributed by atoms with Gasteiger partial charge in [0.1, 0.15) is 16.0 Å². The number of methoxy groups -OCH3 is 2. The van der Waals surface area contributed by atoms with Crippen molar-refractivity contribution >= 4 is 21.9 Å². The quantitative estimate of drug-likeness (QED) is 0.927. The molecular formula is C14H16BrN3O2. The van der Waals surface area contributed by atoms with Crippen LogP contribution in [0.4, 0.5) is 5.95 Å². The van der Waals surface area contributed by atoms with Crippen LogP contribution in [0.2, 0.25) is 0 Å². The number of halogens is 1. The molecule has 2 aromatic rings. The van der Waals surface area contributed by atoms with Gasteiger partial charge in [-0.25, -0.2) is 9.97 Å². The summed E-state index contributed by atoms with van der Waals surface area (Å²) in [6.07, 6.45) is 0. The first-order chi connectivity index (χ1) is 9.60. The van der Waals surface area contributed by atoms with Gasteiger partial charge < -0.3 is 14.8 Å². The third-order valence-corrected chi connectivity index (χ3v) is 3.59. The molecule has 1 aromatic carbocycles. The largest absolute Gasteiger partial charge is 0.495 e. The van der Waals surface area contributed by atoms with E-state index < -0.39 is 0 Å². The van der Waals surface area contributed by atoms with Crippen molar-refractivity contribution in [2.45, 2.75) is 6.92 Å². The highest BCUT2D eigenvalue weighted by atomic mass is 79.9. The van der Waals surface area contributed by atoms with E-state index in [1.165, 1.54) is 0 Å². The molecule has 0 radical (unpaired) electrons. The van der Waals surface area contributed by atoms with Crippen molar-refractivity contribution in [1.82, 2.24) is 9.97 Å². The van der Waals surface area contributed by atoms with E-state index in [-0.39, 0.29) is 0 Å². The van der Waals surface area contributed by atoms with Gasteiger partial charge in [-0.1, -0.05) is 0 Å². The minimum absolute atomic E-state index is 0.578. The Morgan fingerprint density at radius 3 is 2.50 bits per heavy atom. The first-order valence-corrected chi connectivity index (χ1v) is 6.84. The number of benzene rings is 1. The van der Waals surface area contributed by atoms with E-state index in [0.29, 0.717) is 17.4 Å². The predicted molar refractivity (Wildman–Crippen MR) is 82.6 cm³/mol. The Bertz CT molecular complexity index is 632. The summed E-state index contributed by atoms with van der Waals surface area (Å²) in [7, 11) is 5.03. The Hall–Kier alpha value is -1.82. The zero-order valence-corrected chi connectivity index (χ0v) is 13.4. The normalized spacial score (nSPS) is 10.2. The summed E-state index contributed by atoms with van der Waals surface area (Å²) in [5.74, 6) is 1.98. The van der Waals surface area contributed by atoms with Gasteiger partial charge >= 0.3 is 0 Å². The molecule has 0 atom stereocenters. The average molecular weight is 338 g/mol. The summed E-state index contributed by atoms with van der Waals surface area (Å²) in [5.41, 5.74) is 2.55. The van der Waals surface area contributed by atoms with E-state index in [1.54, 1.807) is 21.3 Å². The topological polar surface area (TPSA) is 56.3 Å². The molecule has 0 unspecified atom stereocenters. The van der Waals surface area contributed by atoms with Gasteiger partial charge in [0.15, 0.2) is 0 Å². The van der Waals surface area contributed by atoms with Crippen LogP contribution in [0.3, 0.4) is 0 Å². The van der Waals surface area contributed by atoms with Crippen LogP contribution in [0.5, 0.6) is 11.5 Å². The summed E-state index contributed by atoms with van der Waals surface area (Å²) in [4.78, 5) is 8.75. The third kappa shape index (κ3) is 2.70. The number of ether oxygens (including phenoxy) is 2. The fraction of sp³-hybridized carbons (Fsp3) is 0.286. The van der Waals surface area contributed by atoms with E-state index >= 15 is 0 Å². The summed E-state index contributed by atoms with van der Waals surface area (Å²) in [6, 6.07) is 5.71. The molecule has 2 rings (SSSR count). The van der Waals surface area contributed by atoms with Crippen molar-refractivity contribution in [3.05, 3.63) is 28.4 Å². The van der Waals surface area contributed by atoms with E-state index in [0.717, 1.165) is 21.4 Å². The second-order valence-electron chi connectivity index (χ2n) is 4.13. The Morgan fingerprint density at radius 1 is 1.15 bits per heavy atom. The van der Waals surface area contributed by atoms with Gasteiger partial charge in [0.25, 0.3) is 0 Å². The maximum atomic E-state index is 5.48. The Labute approximate surface area is 126 Å². The lowest BCUT2D eigenvalue weighted by molar-refractivity contribution is 0.390. The Balaban J connectivity index is 2.63. The molecule has 0 aliphatic heterocycles. The van der Waals surface area contributed by atoms with Gasteiger partial charge in [-0.2, -0.15) is 0 Å². The van der Waals surface area contributed by atoms with Gasteiger partial charge in [-0.05, 0) is 41.1 Å². The monoisotopic (exact) mass is 337 g/mol. The standard InChI is InChI=1S/C14H16BrN3O2/c1-8-7-10(18-14(16-2)17-8)9-5-6-11(19-3)12(15)13(9)20-4/h5-7H,1-4H3,(H,16,17,18). The van der Waals surface area contributed by atoms with E-state index in [4.69, 9.17) is 9.47 Å². The van der Waals surface area contributed by atoms with Crippen LogP contribution < -0.4 is 14.8 Å². The minimum atomic E-state index is 0.578. The number of rotatable bonds is 4. The minimum Gasteiger partial charge on any atom is -0.495 e. The first-order valence-electron chi connectivity index (χ1n) is 6.05. The molecule has 0 spiro atoms. The van der Waals surface area contributed by atoms with Crippen LogP contribution in [-0.2, 0) is 0 Å². The molecule has 20 heavy (non-hydrogen) atoms. The number of hydrogen-bond acceptors (Lipinski definition) is 5. The van der Waals surface area contributed by atoms with Crippen molar-refractivity contribution in [3.63, 3.8) is 0 Å². The highest BCUT2D eigenvalue weighted by molar-refractivity contribution is 9.10. The number of aromatic nitrogens is 2. The number of nitrogens with zero attached hydrogens (tertiary/aromatic N) is 2. The third-order valence-electron chi connectivity index (χ3n) is 2.84. The zero-order valence-electron chi connectivity index (χ0n) is 11.8. The van der Waals surface area contributed by atoms with Gasteiger partial charge in [-0.15, -0.1) is 0 Å². The van der Waals surface area contributed by atoms with Crippen LogP contribution in [-0.4, -0.2) is 31.2 Å². The van der Waals surface area contributed by atoms with E-state index in [1.807, 2.05) is 25.1 Å². The summed E-state index contributed by atoms with van der Waals surface area (Å²) in [6.45, 7) is 1.93. The zero-order chi connectivity index (χ0) is 14.7. The lowest BCUT2D eigenvalue weighted by Gasteiger charge is -2.13. The van der Waals surface area contributed by atoms with Crippen molar-refractivity contribution in [1.29, 1.82) is 0 Å². The Morgan fingerprint density at radius 2 is 1.90 bits per heavy atom. The van der Waals surface area contributed by atoms with E-state index in [9.17, 15) is 0 Å². The highest BCUT2D eigenvalue weighted by Gasteiger charge is 2.16. The van der Waals surface area contributed by atoms with Crippen LogP contribution in [0, 0.1) is 6.92 Å². The van der Waals surface area contributed by atoms with Crippen LogP contribution in [0.15, 0.2) is 22.7 Å². The van der Waals surface area contributed by atoms with Gasteiger partial charge in [0.05, 0.1) is 19.9 Å². The van der Waals surface area contributed by atoms with Crippen molar-refractivity contribution < 1.29 is 9.47 Å². The number of anilines is 1. The molecule has 1 N–H and O–H groups in total. The molecule has 0 saturated heterocycles. The molecule has 0 amide bonds. The molecular weight excluding hydrogens is 322 g/mol. The number of nitrogens with one attached hydrogen (secondary N) is 1. The smallest absolute Gasteiger partial charge is 0.223 e. The molecule has 0 saturated carbocycles. The van der Waals surface area contributed by atoms with Crippen LogP contribution in [0.25, 0.3) is 11.3 Å². The number of hydrogen-bond donors (Lipinski definition) is 1. The van der Waals surface area contributed by atoms with Crippen molar-refractivity contribution in [3.8, 4) is 22.8 Å². The molecule has 0 aliphatic carbocycles. The summed E-state index contributed by atoms with van der Waals surface area (Å²) in [5, 5.41) is 2.95. The maximum Gasteiger partial charge on any atom is 0.223 e. The second kappa shape index (κ2) is 6.09. The highest BCUT2D eigenvalue weighted by Crippen LogP contribution is 2.41.